The molecule has 0 bridgehead atoms. The second-order valence-electron chi connectivity index (χ2n) is 4.46. The molecule has 2 rings (SSSR count). The van der Waals surface area contributed by atoms with Gasteiger partial charge in [0.15, 0.2) is 0 Å². The van der Waals surface area contributed by atoms with Crippen LogP contribution < -0.4 is 5.32 Å². The summed E-state index contributed by atoms with van der Waals surface area (Å²) in [4.78, 5) is 0. The fourth-order valence-electron chi connectivity index (χ4n) is 1.58. The van der Waals surface area contributed by atoms with Gasteiger partial charge in [0.05, 0.1) is 19.3 Å². The highest BCUT2D eigenvalue weighted by molar-refractivity contribution is 5.51. The molecule has 0 aliphatic rings. The maximum absolute atomic E-state index is 5.57. The SMILES string of the molecule is CC(C)OCCNCc1nnc(-c2ccccc2)o1. The zero-order chi connectivity index (χ0) is 13.5. The Hall–Kier alpha value is -1.72. The molecule has 5 heteroatoms. The molecular weight excluding hydrogens is 242 g/mol. The lowest BCUT2D eigenvalue weighted by Gasteiger charge is -2.06. The molecule has 2 aromatic rings. The molecule has 1 aromatic carbocycles. The third-order valence-corrected chi connectivity index (χ3v) is 2.49. The molecule has 1 aromatic heterocycles. The van der Waals surface area contributed by atoms with Crippen molar-refractivity contribution in [3.05, 3.63) is 36.2 Å². The second kappa shape index (κ2) is 7.01. The fraction of sp³-hybridized carbons (Fsp3) is 0.429. The molecule has 5 nitrogen and oxygen atoms in total. The molecule has 0 amide bonds. The molecule has 19 heavy (non-hydrogen) atoms. The summed E-state index contributed by atoms with van der Waals surface area (Å²) in [7, 11) is 0. The Balaban J connectivity index is 1.78. The molecule has 0 saturated carbocycles. The van der Waals surface area contributed by atoms with Crippen molar-refractivity contribution in [2.45, 2.75) is 26.5 Å². The van der Waals surface area contributed by atoms with E-state index in [4.69, 9.17) is 9.15 Å². The molecule has 0 atom stereocenters. The van der Waals surface area contributed by atoms with Crippen LogP contribution in [0.1, 0.15) is 19.7 Å². The first kappa shape index (κ1) is 13.7. The summed E-state index contributed by atoms with van der Waals surface area (Å²) in [6, 6.07) is 9.74. The van der Waals surface area contributed by atoms with Gasteiger partial charge in [-0.1, -0.05) is 18.2 Å². The van der Waals surface area contributed by atoms with Crippen LogP contribution in [0, 0.1) is 0 Å². The summed E-state index contributed by atoms with van der Waals surface area (Å²) in [6.07, 6.45) is 0.259. The minimum absolute atomic E-state index is 0.259. The molecule has 0 radical (unpaired) electrons. The Morgan fingerprint density at radius 3 is 2.74 bits per heavy atom. The lowest BCUT2D eigenvalue weighted by Crippen LogP contribution is -2.21. The van der Waals surface area contributed by atoms with E-state index in [1.165, 1.54) is 0 Å². The van der Waals surface area contributed by atoms with E-state index in [2.05, 4.69) is 15.5 Å². The zero-order valence-electron chi connectivity index (χ0n) is 11.3. The number of nitrogens with zero attached hydrogens (tertiary/aromatic N) is 2. The van der Waals surface area contributed by atoms with Gasteiger partial charge in [0.2, 0.25) is 11.8 Å². The van der Waals surface area contributed by atoms with E-state index in [9.17, 15) is 0 Å². The van der Waals surface area contributed by atoms with Gasteiger partial charge in [0.25, 0.3) is 0 Å². The number of ether oxygens (including phenoxy) is 1. The van der Waals surface area contributed by atoms with E-state index < -0.39 is 0 Å². The van der Waals surface area contributed by atoms with E-state index in [0.29, 0.717) is 24.9 Å². The normalized spacial score (nSPS) is 11.1. The smallest absolute Gasteiger partial charge is 0.247 e. The summed E-state index contributed by atoms with van der Waals surface area (Å²) in [6.45, 7) is 6.04. The van der Waals surface area contributed by atoms with Crippen molar-refractivity contribution >= 4 is 0 Å². The van der Waals surface area contributed by atoms with Crippen LogP contribution in [0.2, 0.25) is 0 Å². The van der Waals surface area contributed by atoms with E-state index in [1.54, 1.807) is 0 Å². The molecule has 0 fully saturated rings. The Kier molecular flexibility index (Phi) is 5.06. The highest BCUT2D eigenvalue weighted by Gasteiger charge is 2.07. The molecule has 102 valence electrons. The Bertz CT molecular complexity index is 482. The lowest BCUT2D eigenvalue weighted by atomic mass is 10.2. The number of rotatable bonds is 7. The van der Waals surface area contributed by atoms with Crippen LogP contribution in [0.3, 0.4) is 0 Å². The molecule has 0 spiro atoms. The number of nitrogens with one attached hydrogen (secondary N) is 1. The molecule has 1 heterocycles. The fourth-order valence-corrected chi connectivity index (χ4v) is 1.58. The number of hydrogen-bond donors (Lipinski definition) is 1. The first-order chi connectivity index (χ1) is 9.25. The molecule has 1 N–H and O–H groups in total. The number of benzene rings is 1. The Morgan fingerprint density at radius 1 is 1.21 bits per heavy atom. The van der Waals surface area contributed by atoms with E-state index in [1.807, 2.05) is 44.2 Å². The summed E-state index contributed by atoms with van der Waals surface area (Å²) >= 11 is 0. The van der Waals surface area contributed by atoms with Gasteiger partial charge in [-0.2, -0.15) is 0 Å². The Morgan fingerprint density at radius 2 is 2.00 bits per heavy atom. The van der Waals surface area contributed by atoms with Crippen LogP contribution in [0.25, 0.3) is 11.5 Å². The van der Waals surface area contributed by atoms with Gasteiger partial charge >= 0.3 is 0 Å². The average molecular weight is 261 g/mol. The van der Waals surface area contributed by atoms with Crippen LogP contribution in [-0.2, 0) is 11.3 Å². The minimum atomic E-state index is 0.259. The number of hydrogen-bond acceptors (Lipinski definition) is 5. The van der Waals surface area contributed by atoms with Gasteiger partial charge in [-0.25, -0.2) is 0 Å². The van der Waals surface area contributed by atoms with Gasteiger partial charge in [-0.3, -0.25) is 0 Å². The monoisotopic (exact) mass is 261 g/mol. The van der Waals surface area contributed by atoms with Gasteiger partial charge in [0.1, 0.15) is 0 Å². The predicted molar refractivity (Wildman–Crippen MR) is 72.5 cm³/mol. The molecule has 0 aliphatic heterocycles. The van der Waals surface area contributed by atoms with E-state index in [0.717, 1.165) is 12.1 Å². The van der Waals surface area contributed by atoms with E-state index in [-0.39, 0.29) is 6.10 Å². The topological polar surface area (TPSA) is 60.2 Å². The summed E-state index contributed by atoms with van der Waals surface area (Å²) in [5, 5.41) is 11.2. The van der Waals surface area contributed by atoms with Gasteiger partial charge in [-0.15, -0.1) is 10.2 Å². The van der Waals surface area contributed by atoms with Crippen LogP contribution in [0.15, 0.2) is 34.7 Å². The maximum Gasteiger partial charge on any atom is 0.247 e. The average Bonchev–Trinajstić information content (AvgIpc) is 2.88. The summed E-state index contributed by atoms with van der Waals surface area (Å²) < 4.78 is 11.0. The molecule has 0 saturated heterocycles. The second-order valence-corrected chi connectivity index (χ2v) is 4.46. The van der Waals surface area contributed by atoms with Crippen molar-refractivity contribution in [3.63, 3.8) is 0 Å². The maximum atomic E-state index is 5.57. The highest BCUT2D eigenvalue weighted by Crippen LogP contribution is 2.16. The van der Waals surface area contributed by atoms with Crippen molar-refractivity contribution in [2.24, 2.45) is 0 Å². The zero-order valence-corrected chi connectivity index (χ0v) is 11.3. The van der Waals surface area contributed by atoms with Gasteiger partial charge in [0, 0.05) is 12.1 Å². The third kappa shape index (κ3) is 4.46. The van der Waals surface area contributed by atoms with Crippen molar-refractivity contribution in [1.82, 2.24) is 15.5 Å². The highest BCUT2D eigenvalue weighted by atomic mass is 16.5. The predicted octanol–water partition coefficient (Wildman–Crippen LogP) is 2.25. The van der Waals surface area contributed by atoms with Crippen LogP contribution in [-0.4, -0.2) is 29.5 Å². The van der Waals surface area contributed by atoms with Crippen LogP contribution >= 0.6 is 0 Å². The minimum Gasteiger partial charge on any atom is -0.419 e. The first-order valence-corrected chi connectivity index (χ1v) is 6.46. The third-order valence-electron chi connectivity index (χ3n) is 2.49. The number of aromatic nitrogens is 2. The van der Waals surface area contributed by atoms with Crippen LogP contribution in [0.4, 0.5) is 0 Å². The van der Waals surface area contributed by atoms with Crippen molar-refractivity contribution in [2.75, 3.05) is 13.2 Å². The summed E-state index contributed by atoms with van der Waals surface area (Å²) in [5.41, 5.74) is 0.935. The van der Waals surface area contributed by atoms with E-state index >= 15 is 0 Å². The quantitative estimate of drug-likeness (QED) is 0.775. The van der Waals surface area contributed by atoms with Gasteiger partial charge in [-0.05, 0) is 26.0 Å². The van der Waals surface area contributed by atoms with Crippen LogP contribution in [0.5, 0.6) is 0 Å². The molecular formula is C14H19N3O2. The largest absolute Gasteiger partial charge is 0.419 e. The first-order valence-electron chi connectivity index (χ1n) is 6.46. The van der Waals surface area contributed by atoms with Crippen molar-refractivity contribution < 1.29 is 9.15 Å². The lowest BCUT2D eigenvalue weighted by molar-refractivity contribution is 0.0804. The Labute approximate surface area is 113 Å². The van der Waals surface area contributed by atoms with Crippen molar-refractivity contribution in [3.8, 4) is 11.5 Å². The van der Waals surface area contributed by atoms with Crippen molar-refractivity contribution in [1.29, 1.82) is 0 Å². The summed E-state index contributed by atoms with van der Waals surface area (Å²) in [5.74, 6) is 1.14. The molecule has 0 unspecified atom stereocenters. The standard InChI is InChI=1S/C14H19N3O2/c1-11(2)18-9-8-15-10-13-16-17-14(19-13)12-6-4-3-5-7-12/h3-7,11,15H,8-10H2,1-2H3. The molecule has 0 aliphatic carbocycles. The van der Waals surface area contributed by atoms with Gasteiger partial charge < -0.3 is 14.5 Å².